The Hall–Kier alpha value is -3.55. The number of aliphatic imine (C=N–C) groups is 1. The maximum Gasteiger partial charge on any atom is 0.222 e. The molecule has 4 N–H and O–H groups in total. The van der Waals surface area contributed by atoms with Crippen molar-refractivity contribution in [3.8, 4) is 0 Å². The summed E-state index contributed by atoms with van der Waals surface area (Å²) in [5, 5.41) is 7.81. The highest BCUT2D eigenvalue weighted by molar-refractivity contribution is 5.83. The van der Waals surface area contributed by atoms with Gasteiger partial charge in [0, 0.05) is 42.3 Å². The predicted octanol–water partition coefficient (Wildman–Crippen LogP) is 3.09. The first-order valence-corrected chi connectivity index (χ1v) is 11.5. The number of piperidine rings is 1. The molecule has 0 radical (unpaired) electrons. The van der Waals surface area contributed by atoms with E-state index in [4.69, 9.17) is 15.1 Å². The Morgan fingerprint density at radius 3 is 2.91 bits per heavy atom. The van der Waals surface area contributed by atoms with Gasteiger partial charge in [0.05, 0.1) is 19.0 Å². The summed E-state index contributed by atoms with van der Waals surface area (Å²) in [5.41, 5.74) is 8.61. The molecule has 174 valence electrons. The third-order valence-corrected chi connectivity index (χ3v) is 6.10. The molecule has 4 rings (SSSR count). The minimum atomic E-state index is -0.241. The molecule has 0 aliphatic carbocycles. The van der Waals surface area contributed by atoms with Gasteiger partial charge in [0.15, 0.2) is 5.96 Å². The maximum atomic E-state index is 11.7. The molecular formula is C25H32N6O2. The summed E-state index contributed by atoms with van der Waals surface area (Å²) in [6, 6.07) is 12.0. The van der Waals surface area contributed by atoms with E-state index in [2.05, 4.69) is 33.5 Å². The molecular weight excluding hydrogens is 416 g/mol. The highest BCUT2D eigenvalue weighted by Gasteiger charge is 2.26. The number of anilines is 1. The number of aryl methyl sites for hydroxylation is 1. The number of carbonyl (C=O) groups is 1. The molecule has 1 saturated heterocycles. The van der Waals surface area contributed by atoms with Crippen LogP contribution in [0.15, 0.2) is 52.0 Å². The molecule has 1 aliphatic rings. The van der Waals surface area contributed by atoms with Gasteiger partial charge in [0.1, 0.15) is 17.2 Å². The third kappa shape index (κ3) is 5.27. The average Bonchev–Trinajstić information content (AvgIpc) is 3.16. The molecule has 0 bridgehead atoms. The molecule has 1 amide bonds. The standard InChI is InChI=1S/C25H32N6O2/c1-3-27-25(30-15-22-17(2)20-10-4-5-11-21(20)33-22)29-14-18-8-6-12-28-24(18)31-13-7-9-19(16-31)23(26)32/h4-6,8,10-12,19H,3,7,9,13-16H2,1-2H3,(H2,26,32)(H2,27,29,30). The fraction of sp³-hybridized carbons (Fsp3) is 0.400. The van der Waals surface area contributed by atoms with E-state index < -0.39 is 0 Å². The fourth-order valence-corrected chi connectivity index (χ4v) is 4.30. The zero-order chi connectivity index (χ0) is 23.2. The predicted molar refractivity (Wildman–Crippen MR) is 131 cm³/mol. The Morgan fingerprint density at radius 2 is 2.12 bits per heavy atom. The van der Waals surface area contributed by atoms with Crippen LogP contribution in [0.25, 0.3) is 11.0 Å². The van der Waals surface area contributed by atoms with E-state index in [1.165, 1.54) is 0 Å². The summed E-state index contributed by atoms with van der Waals surface area (Å²) in [4.78, 5) is 23.2. The second-order valence-electron chi connectivity index (χ2n) is 8.37. The summed E-state index contributed by atoms with van der Waals surface area (Å²) >= 11 is 0. The lowest BCUT2D eigenvalue weighted by Crippen LogP contribution is -2.42. The number of benzene rings is 1. The molecule has 1 atom stereocenters. The molecule has 2 aromatic heterocycles. The number of primary amides is 1. The lowest BCUT2D eigenvalue weighted by atomic mass is 9.97. The number of hydrogen-bond donors (Lipinski definition) is 3. The van der Waals surface area contributed by atoms with Crippen LogP contribution in [0.1, 0.15) is 36.7 Å². The van der Waals surface area contributed by atoms with Gasteiger partial charge in [-0.05, 0) is 38.8 Å². The minimum Gasteiger partial charge on any atom is -0.459 e. The van der Waals surface area contributed by atoms with Crippen LogP contribution in [0.5, 0.6) is 0 Å². The van der Waals surface area contributed by atoms with E-state index in [-0.39, 0.29) is 11.8 Å². The number of fused-ring (bicyclic) bond motifs is 1. The van der Waals surface area contributed by atoms with E-state index in [0.29, 0.717) is 25.6 Å². The normalized spacial score (nSPS) is 16.7. The number of nitrogens with two attached hydrogens (primary N) is 1. The molecule has 0 spiro atoms. The van der Waals surface area contributed by atoms with E-state index in [0.717, 1.165) is 59.6 Å². The monoisotopic (exact) mass is 448 g/mol. The van der Waals surface area contributed by atoms with Crippen molar-refractivity contribution in [2.24, 2.45) is 16.6 Å². The minimum absolute atomic E-state index is 0.136. The van der Waals surface area contributed by atoms with Crippen molar-refractivity contribution in [2.75, 3.05) is 24.5 Å². The smallest absolute Gasteiger partial charge is 0.222 e. The molecule has 8 nitrogen and oxygen atoms in total. The first-order chi connectivity index (χ1) is 16.1. The van der Waals surface area contributed by atoms with Crippen LogP contribution in [-0.4, -0.2) is 36.5 Å². The van der Waals surface area contributed by atoms with Crippen LogP contribution in [0, 0.1) is 12.8 Å². The number of pyridine rings is 1. The Morgan fingerprint density at radius 1 is 1.27 bits per heavy atom. The van der Waals surface area contributed by atoms with Crippen LogP contribution in [-0.2, 0) is 17.9 Å². The van der Waals surface area contributed by atoms with Gasteiger partial charge in [-0.2, -0.15) is 0 Å². The molecule has 8 heteroatoms. The number of guanidine groups is 1. The quantitative estimate of drug-likeness (QED) is 0.379. The lowest BCUT2D eigenvalue weighted by molar-refractivity contribution is -0.122. The van der Waals surface area contributed by atoms with Gasteiger partial charge in [-0.15, -0.1) is 0 Å². The Balaban J connectivity index is 1.48. The Labute approximate surface area is 194 Å². The second kappa shape index (κ2) is 10.4. The van der Waals surface area contributed by atoms with Crippen molar-refractivity contribution in [3.05, 3.63) is 59.5 Å². The molecule has 33 heavy (non-hydrogen) atoms. The van der Waals surface area contributed by atoms with Crippen molar-refractivity contribution in [2.45, 2.75) is 39.8 Å². The fourth-order valence-electron chi connectivity index (χ4n) is 4.30. The van der Waals surface area contributed by atoms with Crippen molar-refractivity contribution in [3.63, 3.8) is 0 Å². The summed E-state index contributed by atoms with van der Waals surface area (Å²) in [6.45, 7) is 7.34. The highest BCUT2D eigenvalue weighted by atomic mass is 16.3. The van der Waals surface area contributed by atoms with E-state index in [1.807, 2.05) is 37.3 Å². The molecule has 0 saturated carbocycles. The first kappa shape index (κ1) is 22.6. The number of hydrogen-bond acceptors (Lipinski definition) is 5. The van der Waals surface area contributed by atoms with Gasteiger partial charge >= 0.3 is 0 Å². The number of furan rings is 1. The number of nitrogens with zero attached hydrogens (tertiary/aromatic N) is 3. The summed E-state index contributed by atoms with van der Waals surface area (Å²) in [6.07, 6.45) is 3.54. The van der Waals surface area contributed by atoms with Crippen molar-refractivity contribution in [1.82, 2.24) is 15.6 Å². The maximum absolute atomic E-state index is 11.7. The molecule has 1 aromatic carbocycles. The van der Waals surface area contributed by atoms with Gasteiger partial charge in [-0.3, -0.25) is 4.79 Å². The first-order valence-electron chi connectivity index (χ1n) is 11.5. The zero-order valence-corrected chi connectivity index (χ0v) is 19.3. The number of carbonyl (C=O) groups excluding carboxylic acids is 1. The van der Waals surface area contributed by atoms with Crippen molar-refractivity contribution in [1.29, 1.82) is 0 Å². The van der Waals surface area contributed by atoms with Crippen LogP contribution >= 0.6 is 0 Å². The zero-order valence-electron chi connectivity index (χ0n) is 19.3. The van der Waals surface area contributed by atoms with Crippen LogP contribution < -0.4 is 21.3 Å². The molecule has 3 aromatic rings. The number of nitrogens with one attached hydrogen (secondary N) is 2. The Bertz CT molecular complexity index is 1140. The largest absolute Gasteiger partial charge is 0.459 e. The number of rotatable bonds is 7. The van der Waals surface area contributed by atoms with E-state index in [9.17, 15) is 4.79 Å². The van der Waals surface area contributed by atoms with Gasteiger partial charge in [0.2, 0.25) is 5.91 Å². The highest BCUT2D eigenvalue weighted by Crippen LogP contribution is 2.26. The summed E-state index contributed by atoms with van der Waals surface area (Å²) in [5.74, 6) is 2.10. The van der Waals surface area contributed by atoms with Crippen LogP contribution in [0.2, 0.25) is 0 Å². The van der Waals surface area contributed by atoms with Gasteiger partial charge in [0.25, 0.3) is 0 Å². The van der Waals surface area contributed by atoms with E-state index >= 15 is 0 Å². The SMILES string of the molecule is CCNC(=NCc1cccnc1N1CCCC(C(N)=O)C1)NCc1oc2ccccc2c1C. The van der Waals surface area contributed by atoms with Crippen molar-refractivity contribution >= 4 is 28.7 Å². The second-order valence-corrected chi connectivity index (χ2v) is 8.37. The number of para-hydroxylation sites is 1. The van der Waals surface area contributed by atoms with Crippen LogP contribution in [0.3, 0.4) is 0 Å². The molecule has 1 fully saturated rings. The van der Waals surface area contributed by atoms with Gasteiger partial charge in [-0.25, -0.2) is 9.98 Å². The average molecular weight is 449 g/mol. The molecule has 1 aliphatic heterocycles. The number of aromatic nitrogens is 1. The lowest BCUT2D eigenvalue weighted by Gasteiger charge is -2.33. The number of amides is 1. The van der Waals surface area contributed by atoms with Gasteiger partial charge < -0.3 is 25.7 Å². The summed E-state index contributed by atoms with van der Waals surface area (Å²) < 4.78 is 6.02. The Kier molecular flexibility index (Phi) is 7.12. The molecule has 3 heterocycles. The van der Waals surface area contributed by atoms with Gasteiger partial charge in [-0.1, -0.05) is 24.3 Å². The van der Waals surface area contributed by atoms with Crippen LogP contribution in [0.4, 0.5) is 5.82 Å². The topological polar surface area (TPSA) is 109 Å². The van der Waals surface area contributed by atoms with E-state index in [1.54, 1.807) is 6.20 Å². The summed E-state index contributed by atoms with van der Waals surface area (Å²) in [7, 11) is 0. The third-order valence-electron chi connectivity index (χ3n) is 6.10. The van der Waals surface area contributed by atoms with Crippen molar-refractivity contribution < 1.29 is 9.21 Å². The molecule has 1 unspecified atom stereocenters.